The highest BCUT2D eigenvalue weighted by Crippen LogP contribution is 2.13. The molecular formula is C7H9O2. The quantitative estimate of drug-likeness (QED) is 0.523. The zero-order valence-electron chi connectivity index (χ0n) is 5.51. The minimum Gasteiger partial charge on any atom is -0.468 e. The monoisotopic (exact) mass is 125 g/mol. The van der Waals surface area contributed by atoms with E-state index in [1.165, 1.54) is 6.26 Å². The van der Waals surface area contributed by atoms with Gasteiger partial charge in [0.05, 0.1) is 6.26 Å². The Kier molecular flexibility index (Phi) is 1.58. The first-order valence-corrected chi connectivity index (χ1v) is 2.81. The molecule has 0 saturated heterocycles. The van der Waals surface area contributed by atoms with E-state index in [1.54, 1.807) is 0 Å². The third-order valence-electron chi connectivity index (χ3n) is 1.31. The van der Waals surface area contributed by atoms with Crippen LogP contribution in [-0.2, 0) is 4.74 Å². The summed E-state index contributed by atoms with van der Waals surface area (Å²) in [6, 6.07) is 0. The predicted octanol–water partition coefficient (Wildman–Crippen LogP) is 0.988. The van der Waals surface area contributed by atoms with Crippen molar-refractivity contribution < 1.29 is 9.84 Å². The van der Waals surface area contributed by atoms with Crippen LogP contribution in [0.2, 0.25) is 0 Å². The molecule has 1 N–H and O–H groups in total. The molecule has 1 atom stereocenters. The zero-order valence-corrected chi connectivity index (χ0v) is 5.51. The molecule has 49 valence electrons. The molecule has 0 bridgehead atoms. The van der Waals surface area contributed by atoms with Gasteiger partial charge >= 0.3 is 0 Å². The second kappa shape index (κ2) is 2.23. The van der Waals surface area contributed by atoms with E-state index in [9.17, 15) is 0 Å². The fourth-order valence-corrected chi connectivity index (χ4v) is 0.588. The molecule has 1 unspecified atom stereocenters. The van der Waals surface area contributed by atoms with Gasteiger partial charge in [-0.3, -0.25) is 0 Å². The molecule has 0 aromatic heterocycles. The molecule has 1 aliphatic heterocycles. The Labute approximate surface area is 54.5 Å². The highest BCUT2D eigenvalue weighted by molar-refractivity contribution is 5.25. The molecular weight excluding hydrogens is 116 g/mol. The number of allylic oxidation sites excluding steroid dienone is 2. The number of hydrogen-bond donors (Lipinski definition) is 1. The van der Waals surface area contributed by atoms with Crippen LogP contribution in [0, 0.1) is 6.08 Å². The van der Waals surface area contributed by atoms with Gasteiger partial charge in [0, 0.05) is 6.08 Å². The van der Waals surface area contributed by atoms with Crippen molar-refractivity contribution in [2.75, 3.05) is 0 Å². The van der Waals surface area contributed by atoms with Gasteiger partial charge in [0.25, 0.3) is 0 Å². The van der Waals surface area contributed by atoms with Crippen molar-refractivity contribution >= 4 is 0 Å². The van der Waals surface area contributed by atoms with Crippen LogP contribution in [0.1, 0.15) is 13.8 Å². The average molecular weight is 125 g/mol. The summed E-state index contributed by atoms with van der Waals surface area (Å²) >= 11 is 0. The van der Waals surface area contributed by atoms with Crippen LogP contribution < -0.4 is 0 Å². The predicted molar refractivity (Wildman–Crippen MR) is 33.3 cm³/mol. The molecule has 2 nitrogen and oxygen atoms in total. The third-order valence-corrected chi connectivity index (χ3v) is 1.31. The van der Waals surface area contributed by atoms with Gasteiger partial charge in [-0.05, 0) is 25.0 Å². The summed E-state index contributed by atoms with van der Waals surface area (Å²) in [7, 11) is 0. The van der Waals surface area contributed by atoms with Crippen LogP contribution in [0.25, 0.3) is 0 Å². The number of aliphatic hydroxyl groups excluding tert-OH is 1. The maximum atomic E-state index is 8.80. The van der Waals surface area contributed by atoms with E-state index in [-0.39, 0.29) is 0 Å². The minimum absolute atomic E-state index is 0.867. The third kappa shape index (κ3) is 1.33. The van der Waals surface area contributed by atoms with Gasteiger partial charge in [0.15, 0.2) is 0 Å². The molecule has 0 amide bonds. The SMILES string of the molecule is CC1=[C]C(O)OC=C1C. The Bertz CT molecular complexity index is 168. The summed E-state index contributed by atoms with van der Waals surface area (Å²) in [5.74, 6) is 0. The first-order valence-electron chi connectivity index (χ1n) is 2.81. The molecule has 1 rings (SSSR count). The van der Waals surface area contributed by atoms with Crippen LogP contribution in [0.15, 0.2) is 17.4 Å². The van der Waals surface area contributed by atoms with Crippen LogP contribution in [0.3, 0.4) is 0 Å². The Balaban J connectivity index is 2.75. The van der Waals surface area contributed by atoms with E-state index in [2.05, 4.69) is 6.08 Å². The molecule has 0 aromatic rings. The lowest BCUT2D eigenvalue weighted by atomic mass is 10.1. The first kappa shape index (κ1) is 6.36. The Morgan fingerprint density at radius 3 is 2.78 bits per heavy atom. The molecule has 1 radical (unpaired) electrons. The summed E-state index contributed by atoms with van der Waals surface area (Å²) in [5.41, 5.74) is 1.97. The van der Waals surface area contributed by atoms with Crippen molar-refractivity contribution in [1.29, 1.82) is 0 Å². The standard InChI is InChI=1S/C7H9O2/c1-5-3-7(8)9-4-6(5)2/h4,7-8H,1-2H3. The van der Waals surface area contributed by atoms with Crippen LogP contribution in [-0.4, -0.2) is 11.4 Å². The average Bonchev–Trinajstić information content (AvgIpc) is 1.80. The van der Waals surface area contributed by atoms with Gasteiger partial charge in [0.1, 0.15) is 0 Å². The summed E-state index contributed by atoms with van der Waals surface area (Å²) in [6.45, 7) is 3.80. The number of hydrogen-bond acceptors (Lipinski definition) is 2. The van der Waals surface area contributed by atoms with Gasteiger partial charge in [-0.25, -0.2) is 0 Å². The van der Waals surface area contributed by atoms with E-state index in [4.69, 9.17) is 9.84 Å². The number of aliphatic hydroxyl groups is 1. The van der Waals surface area contributed by atoms with Crippen molar-refractivity contribution in [3.8, 4) is 0 Å². The Hall–Kier alpha value is -0.760. The van der Waals surface area contributed by atoms with Crippen LogP contribution in [0.4, 0.5) is 0 Å². The lowest BCUT2D eigenvalue weighted by Crippen LogP contribution is -2.10. The number of rotatable bonds is 0. The first-order chi connectivity index (χ1) is 4.20. The highest BCUT2D eigenvalue weighted by Gasteiger charge is 2.06. The molecule has 0 saturated carbocycles. The molecule has 2 heteroatoms. The summed E-state index contributed by atoms with van der Waals surface area (Å²) in [4.78, 5) is 0. The molecule has 1 heterocycles. The van der Waals surface area contributed by atoms with E-state index in [0.29, 0.717) is 0 Å². The van der Waals surface area contributed by atoms with E-state index < -0.39 is 6.29 Å². The van der Waals surface area contributed by atoms with E-state index in [0.717, 1.165) is 11.1 Å². The van der Waals surface area contributed by atoms with Gasteiger partial charge in [0.2, 0.25) is 6.29 Å². The van der Waals surface area contributed by atoms with Crippen molar-refractivity contribution in [3.63, 3.8) is 0 Å². The lowest BCUT2D eigenvalue weighted by Gasteiger charge is -2.13. The topological polar surface area (TPSA) is 29.5 Å². The molecule has 0 aromatic carbocycles. The molecule has 1 aliphatic rings. The Morgan fingerprint density at radius 2 is 2.33 bits per heavy atom. The highest BCUT2D eigenvalue weighted by atomic mass is 16.6. The zero-order chi connectivity index (χ0) is 6.85. The summed E-state index contributed by atoms with van der Waals surface area (Å²) < 4.78 is 4.72. The normalized spacial score (nSPS) is 26.3. The fraction of sp³-hybridized carbons (Fsp3) is 0.429. The summed E-state index contributed by atoms with van der Waals surface area (Å²) in [6.07, 6.45) is 3.38. The van der Waals surface area contributed by atoms with Crippen LogP contribution in [0.5, 0.6) is 0 Å². The van der Waals surface area contributed by atoms with Crippen molar-refractivity contribution in [1.82, 2.24) is 0 Å². The molecule has 0 spiro atoms. The van der Waals surface area contributed by atoms with Gasteiger partial charge in [-0.2, -0.15) is 0 Å². The van der Waals surface area contributed by atoms with Gasteiger partial charge in [-0.1, -0.05) is 0 Å². The number of ether oxygens (including phenoxy) is 1. The lowest BCUT2D eigenvalue weighted by molar-refractivity contribution is -0.0216. The maximum absolute atomic E-state index is 8.80. The molecule has 9 heavy (non-hydrogen) atoms. The minimum atomic E-state index is -0.867. The Morgan fingerprint density at radius 1 is 1.67 bits per heavy atom. The van der Waals surface area contributed by atoms with E-state index in [1.807, 2.05) is 13.8 Å². The molecule has 0 aliphatic carbocycles. The fourth-order valence-electron chi connectivity index (χ4n) is 0.588. The van der Waals surface area contributed by atoms with Crippen molar-refractivity contribution in [2.45, 2.75) is 20.1 Å². The largest absolute Gasteiger partial charge is 0.468 e. The second-order valence-corrected chi connectivity index (χ2v) is 2.06. The van der Waals surface area contributed by atoms with Crippen LogP contribution >= 0.6 is 0 Å². The van der Waals surface area contributed by atoms with Gasteiger partial charge < -0.3 is 9.84 Å². The van der Waals surface area contributed by atoms with E-state index >= 15 is 0 Å². The molecule has 0 fully saturated rings. The summed E-state index contributed by atoms with van der Waals surface area (Å²) in [5, 5.41) is 8.80. The van der Waals surface area contributed by atoms with Crippen molar-refractivity contribution in [3.05, 3.63) is 23.5 Å². The van der Waals surface area contributed by atoms with Crippen molar-refractivity contribution in [2.24, 2.45) is 0 Å². The maximum Gasteiger partial charge on any atom is 0.224 e. The van der Waals surface area contributed by atoms with Gasteiger partial charge in [-0.15, -0.1) is 0 Å². The smallest absolute Gasteiger partial charge is 0.224 e. The second-order valence-electron chi connectivity index (χ2n) is 2.06.